The summed E-state index contributed by atoms with van der Waals surface area (Å²) in [7, 11) is 0. The summed E-state index contributed by atoms with van der Waals surface area (Å²) in [5, 5.41) is 4.21. The maximum absolute atomic E-state index is 6.10. The summed E-state index contributed by atoms with van der Waals surface area (Å²) < 4.78 is 5.95. The molecule has 0 aliphatic rings. The molecule has 0 saturated heterocycles. The van der Waals surface area contributed by atoms with Gasteiger partial charge in [0.2, 0.25) is 0 Å². The molecule has 120 valence electrons. The highest BCUT2D eigenvalue weighted by atomic mass is 35.5. The van der Waals surface area contributed by atoms with Gasteiger partial charge in [-0.2, -0.15) is 0 Å². The molecule has 0 saturated carbocycles. The van der Waals surface area contributed by atoms with Gasteiger partial charge in [-0.1, -0.05) is 48.9 Å². The normalized spacial score (nSPS) is 11.6. The molecule has 1 unspecified atom stereocenters. The Hall–Kier alpha value is -1.22. The molecule has 2 aromatic rings. The van der Waals surface area contributed by atoms with Crippen LogP contribution in [-0.2, 0) is 13.2 Å². The summed E-state index contributed by atoms with van der Waals surface area (Å²) in [4.78, 5) is 0. The molecular formula is C18H23Cl2NO. The lowest BCUT2D eigenvalue weighted by Crippen LogP contribution is -2.24. The van der Waals surface area contributed by atoms with E-state index in [0.29, 0.717) is 12.6 Å². The summed E-state index contributed by atoms with van der Waals surface area (Å²) in [5.41, 5.74) is 2.26. The molecule has 0 radical (unpaired) electrons. The zero-order chi connectivity index (χ0) is 15.1. The van der Waals surface area contributed by atoms with Crippen LogP contribution in [0.5, 0.6) is 5.75 Å². The first kappa shape index (κ1) is 18.8. The fourth-order valence-corrected chi connectivity index (χ4v) is 2.19. The van der Waals surface area contributed by atoms with Crippen molar-refractivity contribution in [3.05, 3.63) is 64.7 Å². The van der Waals surface area contributed by atoms with E-state index in [1.807, 2.05) is 36.4 Å². The topological polar surface area (TPSA) is 21.3 Å². The maximum Gasteiger partial charge on any atom is 0.124 e. The van der Waals surface area contributed by atoms with Crippen molar-refractivity contribution >= 4 is 24.0 Å². The third kappa shape index (κ3) is 5.88. The van der Waals surface area contributed by atoms with E-state index in [0.717, 1.165) is 34.9 Å². The van der Waals surface area contributed by atoms with Gasteiger partial charge in [-0.05, 0) is 37.1 Å². The summed E-state index contributed by atoms with van der Waals surface area (Å²) in [5.74, 6) is 0.888. The lowest BCUT2D eigenvalue weighted by atomic mass is 10.1. The minimum Gasteiger partial charge on any atom is -0.489 e. The Kier molecular flexibility index (Phi) is 8.32. The van der Waals surface area contributed by atoms with E-state index in [2.05, 4.69) is 31.3 Å². The Bertz CT molecular complexity index is 560. The number of hydrogen-bond acceptors (Lipinski definition) is 2. The number of benzene rings is 2. The minimum absolute atomic E-state index is 0. The van der Waals surface area contributed by atoms with Crippen molar-refractivity contribution < 1.29 is 4.74 Å². The van der Waals surface area contributed by atoms with Gasteiger partial charge in [-0.3, -0.25) is 0 Å². The SMILES string of the molecule is CCC(C)NCc1cc(Cl)ccc1OCc1ccccc1.Cl. The van der Waals surface area contributed by atoms with Crippen LogP contribution in [0, 0.1) is 0 Å². The van der Waals surface area contributed by atoms with E-state index >= 15 is 0 Å². The first-order valence-electron chi connectivity index (χ1n) is 7.37. The lowest BCUT2D eigenvalue weighted by Gasteiger charge is -2.15. The van der Waals surface area contributed by atoms with Crippen LogP contribution in [0.4, 0.5) is 0 Å². The van der Waals surface area contributed by atoms with E-state index in [9.17, 15) is 0 Å². The van der Waals surface area contributed by atoms with Gasteiger partial charge < -0.3 is 10.1 Å². The standard InChI is InChI=1S/C18H22ClNO.ClH/c1-3-14(2)20-12-16-11-17(19)9-10-18(16)21-13-15-7-5-4-6-8-15;/h4-11,14,20H,3,12-13H2,1-2H3;1H. The second-order valence-corrected chi connectivity index (χ2v) is 5.65. The molecule has 2 rings (SSSR count). The average molecular weight is 340 g/mol. The Labute approximate surface area is 144 Å². The van der Waals surface area contributed by atoms with Crippen molar-refractivity contribution in [2.45, 2.75) is 39.5 Å². The summed E-state index contributed by atoms with van der Waals surface area (Å²) in [6, 6.07) is 16.4. The second kappa shape index (κ2) is 9.73. The fraction of sp³-hybridized carbons (Fsp3) is 0.333. The largest absolute Gasteiger partial charge is 0.489 e. The first-order valence-corrected chi connectivity index (χ1v) is 7.75. The average Bonchev–Trinajstić information content (AvgIpc) is 2.52. The molecule has 0 aromatic heterocycles. The van der Waals surface area contributed by atoms with Crippen molar-refractivity contribution in [1.29, 1.82) is 0 Å². The molecule has 0 amide bonds. The van der Waals surface area contributed by atoms with E-state index in [4.69, 9.17) is 16.3 Å². The van der Waals surface area contributed by atoms with Gasteiger partial charge in [-0.15, -0.1) is 12.4 Å². The highest BCUT2D eigenvalue weighted by Crippen LogP contribution is 2.24. The van der Waals surface area contributed by atoms with Crippen LogP contribution in [0.2, 0.25) is 5.02 Å². The van der Waals surface area contributed by atoms with E-state index in [1.54, 1.807) is 0 Å². The molecule has 22 heavy (non-hydrogen) atoms. The van der Waals surface area contributed by atoms with Crippen LogP contribution < -0.4 is 10.1 Å². The van der Waals surface area contributed by atoms with Crippen LogP contribution >= 0.6 is 24.0 Å². The van der Waals surface area contributed by atoms with Gasteiger partial charge in [0.05, 0.1) is 0 Å². The van der Waals surface area contributed by atoms with E-state index < -0.39 is 0 Å². The molecule has 2 aromatic carbocycles. The predicted octanol–water partition coefficient (Wildman–Crippen LogP) is 5.23. The van der Waals surface area contributed by atoms with Crippen molar-refractivity contribution in [2.24, 2.45) is 0 Å². The fourth-order valence-electron chi connectivity index (χ4n) is 1.99. The van der Waals surface area contributed by atoms with Crippen molar-refractivity contribution in [3.8, 4) is 5.75 Å². The molecule has 0 fully saturated rings. The van der Waals surface area contributed by atoms with Crippen molar-refractivity contribution in [1.82, 2.24) is 5.32 Å². The third-order valence-corrected chi connectivity index (χ3v) is 3.75. The number of hydrogen-bond donors (Lipinski definition) is 1. The van der Waals surface area contributed by atoms with Crippen LogP contribution in [0.15, 0.2) is 48.5 Å². The molecule has 2 nitrogen and oxygen atoms in total. The minimum atomic E-state index is 0. The Morgan fingerprint density at radius 3 is 2.55 bits per heavy atom. The van der Waals surface area contributed by atoms with E-state index in [-0.39, 0.29) is 12.4 Å². The van der Waals surface area contributed by atoms with Crippen molar-refractivity contribution in [2.75, 3.05) is 0 Å². The number of rotatable bonds is 7. The highest BCUT2D eigenvalue weighted by molar-refractivity contribution is 6.30. The van der Waals surface area contributed by atoms with E-state index in [1.165, 1.54) is 0 Å². The Balaban J connectivity index is 0.00000242. The predicted molar refractivity (Wildman–Crippen MR) is 96.1 cm³/mol. The third-order valence-electron chi connectivity index (χ3n) is 3.51. The number of nitrogens with one attached hydrogen (secondary N) is 1. The molecule has 0 bridgehead atoms. The first-order chi connectivity index (χ1) is 10.2. The highest BCUT2D eigenvalue weighted by Gasteiger charge is 2.07. The Morgan fingerprint density at radius 2 is 1.86 bits per heavy atom. The number of halogens is 2. The summed E-state index contributed by atoms with van der Waals surface area (Å²) in [6.07, 6.45) is 1.10. The van der Waals surface area contributed by atoms with Gasteiger partial charge in [0.1, 0.15) is 12.4 Å². The van der Waals surface area contributed by atoms with Gasteiger partial charge in [-0.25, -0.2) is 0 Å². The monoisotopic (exact) mass is 339 g/mol. The molecule has 1 N–H and O–H groups in total. The van der Waals surface area contributed by atoms with Gasteiger partial charge in [0.15, 0.2) is 0 Å². The molecule has 0 aliphatic heterocycles. The number of ether oxygens (including phenoxy) is 1. The molecule has 1 atom stereocenters. The summed E-state index contributed by atoms with van der Waals surface area (Å²) >= 11 is 6.10. The molecule has 0 spiro atoms. The van der Waals surface area contributed by atoms with Crippen LogP contribution in [0.1, 0.15) is 31.4 Å². The zero-order valence-electron chi connectivity index (χ0n) is 13.0. The van der Waals surface area contributed by atoms with Crippen molar-refractivity contribution in [3.63, 3.8) is 0 Å². The quantitative estimate of drug-likeness (QED) is 0.745. The van der Waals surface area contributed by atoms with Crippen LogP contribution in [0.25, 0.3) is 0 Å². The maximum atomic E-state index is 6.10. The zero-order valence-corrected chi connectivity index (χ0v) is 14.6. The molecular weight excluding hydrogens is 317 g/mol. The Morgan fingerprint density at radius 1 is 1.14 bits per heavy atom. The summed E-state index contributed by atoms with van der Waals surface area (Å²) in [6.45, 7) is 5.68. The molecule has 0 aliphatic carbocycles. The lowest BCUT2D eigenvalue weighted by molar-refractivity contribution is 0.301. The molecule has 4 heteroatoms. The van der Waals surface area contributed by atoms with Crippen LogP contribution in [0.3, 0.4) is 0 Å². The van der Waals surface area contributed by atoms with Gasteiger partial charge in [0.25, 0.3) is 0 Å². The second-order valence-electron chi connectivity index (χ2n) is 5.22. The van der Waals surface area contributed by atoms with Crippen LogP contribution in [-0.4, -0.2) is 6.04 Å². The molecule has 0 heterocycles. The van der Waals surface area contributed by atoms with Gasteiger partial charge in [0, 0.05) is 23.2 Å². The smallest absolute Gasteiger partial charge is 0.124 e. The van der Waals surface area contributed by atoms with Gasteiger partial charge >= 0.3 is 0 Å².